The van der Waals surface area contributed by atoms with Crippen molar-refractivity contribution in [2.24, 2.45) is 10.9 Å². The molecule has 6 heteroatoms. The molecule has 0 bridgehead atoms. The number of hydrogen-bond acceptors (Lipinski definition) is 3. The van der Waals surface area contributed by atoms with Crippen molar-refractivity contribution in [1.29, 1.82) is 0 Å². The maximum Gasteiger partial charge on any atom is 0.310 e. The van der Waals surface area contributed by atoms with Crippen LogP contribution in [0.1, 0.15) is 25.3 Å². The SMILES string of the molecule is CN=C(NCC(C)C(=O)OC)NCC1(c2cccc(F)c2)CC1. The summed E-state index contributed by atoms with van der Waals surface area (Å²) in [6.45, 7) is 2.92. The Hall–Kier alpha value is -2.11. The third kappa shape index (κ3) is 4.43. The highest BCUT2D eigenvalue weighted by molar-refractivity contribution is 5.80. The van der Waals surface area contributed by atoms with Gasteiger partial charge in [-0.2, -0.15) is 0 Å². The van der Waals surface area contributed by atoms with Crippen molar-refractivity contribution in [3.8, 4) is 0 Å². The molecular weight excluding hydrogens is 297 g/mol. The van der Waals surface area contributed by atoms with Gasteiger partial charge in [0.25, 0.3) is 0 Å². The van der Waals surface area contributed by atoms with Crippen LogP contribution in [0.2, 0.25) is 0 Å². The maximum atomic E-state index is 13.4. The Morgan fingerprint density at radius 3 is 2.74 bits per heavy atom. The van der Waals surface area contributed by atoms with E-state index in [2.05, 4.69) is 15.6 Å². The van der Waals surface area contributed by atoms with Gasteiger partial charge in [0.2, 0.25) is 0 Å². The number of nitrogens with one attached hydrogen (secondary N) is 2. The van der Waals surface area contributed by atoms with E-state index in [1.807, 2.05) is 6.07 Å². The molecule has 2 N–H and O–H groups in total. The smallest absolute Gasteiger partial charge is 0.310 e. The Morgan fingerprint density at radius 2 is 2.17 bits per heavy atom. The van der Waals surface area contributed by atoms with Gasteiger partial charge in [-0.1, -0.05) is 19.1 Å². The molecule has 0 amide bonds. The molecule has 0 aromatic heterocycles. The molecule has 1 atom stereocenters. The molecule has 0 heterocycles. The number of hydrogen-bond donors (Lipinski definition) is 2. The quantitative estimate of drug-likeness (QED) is 0.477. The van der Waals surface area contributed by atoms with E-state index >= 15 is 0 Å². The second-order valence-corrected chi connectivity index (χ2v) is 6.02. The van der Waals surface area contributed by atoms with Crippen molar-refractivity contribution < 1.29 is 13.9 Å². The number of guanidine groups is 1. The summed E-state index contributed by atoms with van der Waals surface area (Å²) in [4.78, 5) is 15.6. The number of nitrogens with zero attached hydrogens (tertiary/aromatic N) is 1. The minimum atomic E-state index is -0.258. The van der Waals surface area contributed by atoms with Crippen molar-refractivity contribution in [2.75, 3.05) is 27.2 Å². The van der Waals surface area contributed by atoms with E-state index in [1.165, 1.54) is 13.2 Å². The monoisotopic (exact) mass is 321 g/mol. The molecule has 1 fully saturated rings. The number of aliphatic imine (C=N–C) groups is 1. The first-order chi connectivity index (χ1) is 11.0. The lowest BCUT2D eigenvalue weighted by Crippen LogP contribution is -2.43. The minimum absolute atomic E-state index is 0.0202. The van der Waals surface area contributed by atoms with Crippen LogP contribution in [0.15, 0.2) is 29.3 Å². The highest BCUT2D eigenvalue weighted by atomic mass is 19.1. The Bertz CT molecular complexity index is 585. The van der Waals surface area contributed by atoms with Crippen LogP contribution in [0.4, 0.5) is 4.39 Å². The predicted octanol–water partition coefficient (Wildman–Crippen LogP) is 1.83. The Kier molecular flexibility index (Phi) is 5.58. The summed E-state index contributed by atoms with van der Waals surface area (Å²) in [6.07, 6.45) is 2.05. The summed E-state index contributed by atoms with van der Waals surface area (Å²) in [7, 11) is 3.06. The fourth-order valence-electron chi connectivity index (χ4n) is 2.54. The zero-order chi connectivity index (χ0) is 16.9. The Morgan fingerprint density at radius 1 is 1.43 bits per heavy atom. The van der Waals surface area contributed by atoms with Gasteiger partial charge in [-0.15, -0.1) is 0 Å². The van der Waals surface area contributed by atoms with E-state index in [4.69, 9.17) is 4.74 Å². The predicted molar refractivity (Wildman–Crippen MR) is 87.9 cm³/mol. The molecule has 2 rings (SSSR count). The molecule has 126 valence electrons. The second-order valence-electron chi connectivity index (χ2n) is 6.02. The van der Waals surface area contributed by atoms with E-state index < -0.39 is 0 Å². The topological polar surface area (TPSA) is 62.7 Å². The number of rotatable bonds is 6. The third-order valence-corrected chi connectivity index (χ3v) is 4.29. The first-order valence-electron chi connectivity index (χ1n) is 7.79. The molecule has 0 radical (unpaired) electrons. The van der Waals surface area contributed by atoms with Gasteiger partial charge in [-0.3, -0.25) is 9.79 Å². The average molecular weight is 321 g/mol. The van der Waals surface area contributed by atoms with Gasteiger partial charge in [-0.05, 0) is 30.5 Å². The number of esters is 1. The zero-order valence-electron chi connectivity index (χ0n) is 13.9. The lowest BCUT2D eigenvalue weighted by molar-refractivity contribution is -0.144. The summed E-state index contributed by atoms with van der Waals surface area (Å²) >= 11 is 0. The Balaban J connectivity index is 1.87. The highest BCUT2D eigenvalue weighted by Crippen LogP contribution is 2.47. The van der Waals surface area contributed by atoms with Crippen LogP contribution in [-0.2, 0) is 14.9 Å². The Labute approximate surface area is 136 Å². The van der Waals surface area contributed by atoms with Gasteiger partial charge in [0.1, 0.15) is 5.82 Å². The van der Waals surface area contributed by atoms with E-state index in [0.29, 0.717) is 19.0 Å². The minimum Gasteiger partial charge on any atom is -0.469 e. The van der Waals surface area contributed by atoms with Crippen LogP contribution in [0.25, 0.3) is 0 Å². The van der Waals surface area contributed by atoms with Gasteiger partial charge in [0, 0.05) is 25.6 Å². The first kappa shape index (κ1) is 17.2. The second kappa shape index (κ2) is 7.44. The molecule has 1 aromatic carbocycles. The van der Waals surface area contributed by atoms with E-state index in [-0.39, 0.29) is 23.1 Å². The molecule has 0 spiro atoms. The molecule has 23 heavy (non-hydrogen) atoms. The van der Waals surface area contributed by atoms with Crippen molar-refractivity contribution >= 4 is 11.9 Å². The number of methoxy groups -OCH3 is 1. The first-order valence-corrected chi connectivity index (χ1v) is 7.79. The molecule has 0 saturated heterocycles. The van der Waals surface area contributed by atoms with Gasteiger partial charge >= 0.3 is 5.97 Å². The normalized spacial score (nSPS) is 17.3. The van der Waals surface area contributed by atoms with Crippen molar-refractivity contribution in [2.45, 2.75) is 25.2 Å². The highest BCUT2D eigenvalue weighted by Gasteiger charge is 2.44. The van der Waals surface area contributed by atoms with Gasteiger partial charge in [-0.25, -0.2) is 4.39 Å². The van der Waals surface area contributed by atoms with Crippen LogP contribution >= 0.6 is 0 Å². The molecule has 1 unspecified atom stereocenters. The molecule has 1 aliphatic carbocycles. The lowest BCUT2D eigenvalue weighted by atomic mass is 9.96. The largest absolute Gasteiger partial charge is 0.469 e. The summed E-state index contributed by atoms with van der Waals surface area (Å²) < 4.78 is 18.1. The molecular formula is C17H24FN3O2. The van der Waals surface area contributed by atoms with Crippen LogP contribution in [0.3, 0.4) is 0 Å². The van der Waals surface area contributed by atoms with E-state index in [1.54, 1.807) is 26.1 Å². The summed E-state index contributed by atoms with van der Waals surface area (Å²) in [5.41, 5.74) is 0.997. The van der Waals surface area contributed by atoms with Crippen LogP contribution in [0.5, 0.6) is 0 Å². The summed E-state index contributed by atoms with van der Waals surface area (Å²) in [6, 6.07) is 6.77. The van der Waals surface area contributed by atoms with Crippen LogP contribution in [-0.4, -0.2) is 39.2 Å². The van der Waals surface area contributed by atoms with Crippen molar-refractivity contribution in [3.63, 3.8) is 0 Å². The maximum absolute atomic E-state index is 13.4. The van der Waals surface area contributed by atoms with Crippen molar-refractivity contribution in [1.82, 2.24) is 10.6 Å². The summed E-state index contributed by atoms with van der Waals surface area (Å²) in [5.74, 6) is -0.0883. The number of ether oxygens (including phenoxy) is 1. The molecule has 1 saturated carbocycles. The van der Waals surface area contributed by atoms with Crippen molar-refractivity contribution in [3.05, 3.63) is 35.6 Å². The molecule has 1 aromatic rings. The van der Waals surface area contributed by atoms with E-state index in [0.717, 1.165) is 18.4 Å². The van der Waals surface area contributed by atoms with Gasteiger partial charge < -0.3 is 15.4 Å². The van der Waals surface area contributed by atoms with Gasteiger partial charge in [0.15, 0.2) is 5.96 Å². The van der Waals surface area contributed by atoms with Gasteiger partial charge in [0.05, 0.1) is 13.0 Å². The molecule has 5 nitrogen and oxygen atoms in total. The van der Waals surface area contributed by atoms with E-state index in [9.17, 15) is 9.18 Å². The molecule has 1 aliphatic rings. The zero-order valence-corrected chi connectivity index (χ0v) is 13.9. The molecule has 0 aliphatic heterocycles. The van der Waals surface area contributed by atoms with Crippen LogP contribution < -0.4 is 10.6 Å². The fourth-order valence-corrected chi connectivity index (χ4v) is 2.54. The third-order valence-electron chi connectivity index (χ3n) is 4.29. The van der Waals surface area contributed by atoms with Crippen LogP contribution in [0, 0.1) is 11.7 Å². The average Bonchev–Trinajstić information content (AvgIpc) is 3.35. The summed E-state index contributed by atoms with van der Waals surface area (Å²) in [5, 5.41) is 6.38. The number of carbonyl (C=O) groups is 1. The standard InChI is InChI=1S/C17H24FN3O2/c1-12(15(22)23-3)10-20-16(19-2)21-11-17(7-8-17)13-5-4-6-14(18)9-13/h4-6,9,12H,7-8,10-11H2,1-3H3,(H2,19,20,21). The number of benzene rings is 1. The fraction of sp³-hybridized carbons (Fsp3) is 0.529. The number of carbonyl (C=O) groups excluding carboxylic acids is 1. The lowest BCUT2D eigenvalue weighted by Gasteiger charge is -2.20. The number of halogens is 1.